The van der Waals surface area contributed by atoms with Gasteiger partial charge < -0.3 is 14.8 Å². The molecule has 1 atom stereocenters. The van der Waals surface area contributed by atoms with Crippen molar-refractivity contribution in [2.75, 3.05) is 13.2 Å². The number of hydrogen-bond donors (Lipinski definition) is 2. The van der Waals surface area contributed by atoms with Gasteiger partial charge in [0.2, 0.25) is 0 Å². The van der Waals surface area contributed by atoms with Crippen molar-refractivity contribution in [3.63, 3.8) is 0 Å². The standard InChI is InChI=1S/C15H20N2O4/c1-10(2)8-21-9-11(18)7-17-14(19)12-5-3-4-6-13(12)16-15(17)20/h3-6,10-11,18H,7-9H2,1-2H3,(H,16,20). The third kappa shape index (κ3) is 3.80. The zero-order valence-electron chi connectivity index (χ0n) is 12.2. The normalized spacial score (nSPS) is 13.0. The van der Waals surface area contributed by atoms with Crippen LogP contribution in [0.15, 0.2) is 33.9 Å². The van der Waals surface area contributed by atoms with Crippen molar-refractivity contribution in [1.29, 1.82) is 0 Å². The molecular formula is C15H20N2O4. The maximum Gasteiger partial charge on any atom is 0.328 e. The van der Waals surface area contributed by atoms with Gasteiger partial charge in [0.05, 0.1) is 30.2 Å². The number of rotatable bonds is 6. The zero-order valence-corrected chi connectivity index (χ0v) is 12.2. The van der Waals surface area contributed by atoms with E-state index in [4.69, 9.17) is 4.74 Å². The number of hydrogen-bond acceptors (Lipinski definition) is 4. The Balaban J connectivity index is 2.18. The molecule has 0 spiro atoms. The number of aliphatic hydroxyl groups excluding tert-OH is 1. The predicted molar refractivity (Wildman–Crippen MR) is 80.5 cm³/mol. The summed E-state index contributed by atoms with van der Waals surface area (Å²) in [5.74, 6) is 0.365. The van der Waals surface area contributed by atoms with Gasteiger partial charge in [-0.2, -0.15) is 0 Å². The topological polar surface area (TPSA) is 84.3 Å². The van der Waals surface area contributed by atoms with Crippen molar-refractivity contribution in [2.45, 2.75) is 26.5 Å². The van der Waals surface area contributed by atoms with Crippen molar-refractivity contribution < 1.29 is 9.84 Å². The second-order valence-corrected chi connectivity index (χ2v) is 5.48. The van der Waals surface area contributed by atoms with Crippen LogP contribution in [-0.4, -0.2) is 34.0 Å². The van der Waals surface area contributed by atoms with Gasteiger partial charge in [-0.15, -0.1) is 0 Å². The van der Waals surface area contributed by atoms with Crippen LogP contribution in [-0.2, 0) is 11.3 Å². The first-order valence-corrected chi connectivity index (χ1v) is 6.96. The Morgan fingerprint density at radius 2 is 1.95 bits per heavy atom. The summed E-state index contributed by atoms with van der Waals surface area (Å²) >= 11 is 0. The summed E-state index contributed by atoms with van der Waals surface area (Å²) in [4.78, 5) is 26.8. The number of ether oxygens (including phenoxy) is 1. The fourth-order valence-electron chi connectivity index (χ4n) is 2.07. The molecule has 2 aromatic rings. The average Bonchev–Trinajstić information content (AvgIpc) is 2.43. The minimum absolute atomic E-state index is 0.0862. The fraction of sp³-hybridized carbons (Fsp3) is 0.467. The van der Waals surface area contributed by atoms with Gasteiger partial charge in [0.25, 0.3) is 5.56 Å². The maximum absolute atomic E-state index is 12.3. The third-order valence-corrected chi connectivity index (χ3v) is 3.04. The van der Waals surface area contributed by atoms with Gasteiger partial charge in [0, 0.05) is 6.61 Å². The molecule has 0 radical (unpaired) electrons. The Kier molecular flexibility index (Phi) is 4.93. The van der Waals surface area contributed by atoms with E-state index in [1.165, 1.54) is 0 Å². The lowest BCUT2D eigenvalue weighted by molar-refractivity contribution is 0.0171. The molecule has 2 rings (SSSR count). The molecule has 0 saturated carbocycles. The summed E-state index contributed by atoms with van der Waals surface area (Å²) in [5.41, 5.74) is -0.437. The first-order chi connectivity index (χ1) is 9.99. The van der Waals surface area contributed by atoms with Gasteiger partial charge in [-0.05, 0) is 18.1 Å². The van der Waals surface area contributed by atoms with E-state index in [1.807, 2.05) is 13.8 Å². The van der Waals surface area contributed by atoms with E-state index in [0.29, 0.717) is 23.4 Å². The number of aromatic amines is 1. The molecule has 6 heteroatoms. The quantitative estimate of drug-likeness (QED) is 0.822. The van der Waals surface area contributed by atoms with E-state index in [9.17, 15) is 14.7 Å². The van der Waals surface area contributed by atoms with Crippen LogP contribution in [0, 0.1) is 5.92 Å². The number of aromatic nitrogens is 2. The summed E-state index contributed by atoms with van der Waals surface area (Å²) < 4.78 is 6.32. The van der Waals surface area contributed by atoms with Crippen LogP contribution in [0.1, 0.15) is 13.8 Å². The SMILES string of the molecule is CC(C)COCC(O)Cn1c(=O)[nH]c2ccccc2c1=O. The largest absolute Gasteiger partial charge is 0.389 e. The number of fused-ring (bicyclic) bond motifs is 1. The van der Waals surface area contributed by atoms with Crippen LogP contribution in [0.25, 0.3) is 10.9 Å². The number of benzene rings is 1. The number of aliphatic hydroxyl groups is 1. The lowest BCUT2D eigenvalue weighted by atomic mass is 10.2. The lowest BCUT2D eigenvalue weighted by Gasteiger charge is -2.14. The minimum Gasteiger partial charge on any atom is -0.389 e. The van der Waals surface area contributed by atoms with Gasteiger partial charge in [-0.3, -0.25) is 9.36 Å². The minimum atomic E-state index is -0.899. The summed E-state index contributed by atoms with van der Waals surface area (Å²) in [6.07, 6.45) is -0.899. The van der Waals surface area contributed by atoms with E-state index in [2.05, 4.69) is 4.98 Å². The highest BCUT2D eigenvalue weighted by atomic mass is 16.5. The summed E-state index contributed by atoms with van der Waals surface area (Å²) in [6, 6.07) is 6.79. The molecule has 0 aliphatic heterocycles. The van der Waals surface area contributed by atoms with E-state index < -0.39 is 17.4 Å². The smallest absolute Gasteiger partial charge is 0.328 e. The molecule has 0 saturated heterocycles. The van der Waals surface area contributed by atoms with Gasteiger partial charge in [-0.25, -0.2) is 4.79 Å². The highest BCUT2D eigenvalue weighted by Crippen LogP contribution is 2.03. The lowest BCUT2D eigenvalue weighted by Crippen LogP contribution is -2.39. The van der Waals surface area contributed by atoms with Crippen LogP contribution >= 0.6 is 0 Å². The molecule has 0 aliphatic rings. The Morgan fingerprint density at radius 3 is 2.67 bits per heavy atom. The van der Waals surface area contributed by atoms with E-state index in [0.717, 1.165) is 4.57 Å². The van der Waals surface area contributed by atoms with Gasteiger partial charge in [0.15, 0.2) is 0 Å². The summed E-state index contributed by atoms with van der Waals surface area (Å²) in [6.45, 7) is 4.55. The molecule has 1 aromatic carbocycles. The predicted octanol–water partition coefficient (Wildman–Crippen LogP) is 0.723. The highest BCUT2D eigenvalue weighted by Gasteiger charge is 2.12. The van der Waals surface area contributed by atoms with Crippen molar-refractivity contribution in [3.05, 3.63) is 45.1 Å². The van der Waals surface area contributed by atoms with Crippen molar-refractivity contribution in [3.8, 4) is 0 Å². The molecule has 21 heavy (non-hydrogen) atoms. The number of para-hydroxylation sites is 1. The van der Waals surface area contributed by atoms with Gasteiger partial charge >= 0.3 is 5.69 Å². The van der Waals surface area contributed by atoms with Crippen LogP contribution < -0.4 is 11.2 Å². The van der Waals surface area contributed by atoms with Crippen molar-refractivity contribution in [1.82, 2.24) is 9.55 Å². The van der Waals surface area contributed by atoms with E-state index >= 15 is 0 Å². The van der Waals surface area contributed by atoms with Gasteiger partial charge in [-0.1, -0.05) is 26.0 Å². The first kappa shape index (κ1) is 15.5. The Morgan fingerprint density at radius 1 is 1.24 bits per heavy atom. The van der Waals surface area contributed by atoms with E-state index in [1.54, 1.807) is 24.3 Å². The molecule has 2 N–H and O–H groups in total. The molecule has 1 unspecified atom stereocenters. The highest BCUT2D eigenvalue weighted by molar-refractivity contribution is 5.76. The molecule has 0 bridgehead atoms. The Bertz CT molecular complexity index is 717. The number of nitrogens with one attached hydrogen (secondary N) is 1. The average molecular weight is 292 g/mol. The third-order valence-electron chi connectivity index (χ3n) is 3.04. The van der Waals surface area contributed by atoms with Crippen LogP contribution in [0.5, 0.6) is 0 Å². The summed E-state index contributed by atoms with van der Waals surface area (Å²) in [7, 11) is 0. The molecule has 1 heterocycles. The second-order valence-electron chi connectivity index (χ2n) is 5.48. The van der Waals surface area contributed by atoms with Crippen molar-refractivity contribution >= 4 is 10.9 Å². The number of nitrogens with zero attached hydrogens (tertiary/aromatic N) is 1. The molecule has 1 aromatic heterocycles. The monoisotopic (exact) mass is 292 g/mol. The number of H-pyrrole nitrogens is 1. The van der Waals surface area contributed by atoms with E-state index in [-0.39, 0.29) is 13.2 Å². The zero-order chi connectivity index (χ0) is 15.4. The second kappa shape index (κ2) is 6.69. The Labute approximate surface area is 122 Å². The molecule has 114 valence electrons. The molecule has 6 nitrogen and oxygen atoms in total. The maximum atomic E-state index is 12.3. The molecule has 0 aliphatic carbocycles. The molecule has 0 fully saturated rings. The Hall–Kier alpha value is -1.92. The first-order valence-electron chi connectivity index (χ1n) is 6.96. The van der Waals surface area contributed by atoms with Crippen LogP contribution in [0.4, 0.5) is 0 Å². The molecular weight excluding hydrogens is 272 g/mol. The molecule has 0 amide bonds. The van der Waals surface area contributed by atoms with Crippen LogP contribution in [0.2, 0.25) is 0 Å². The van der Waals surface area contributed by atoms with Crippen molar-refractivity contribution in [2.24, 2.45) is 5.92 Å². The summed E-state index contributed by atoms with van der Waals surface area (Å²) in [5, 5.41) is 10.3. The van der Waals surface area contributed by atoms with Crippen LogP contribution in [0.3, 0.4) is 0 Å². The van der Waals surface area contributed by atoms with Gasteiger partial charge in [0.1, 0.15) is 0 Å². The fourth-order valence-corrected chi connectivity index (χ4v) is 2.07.